The Morgan fingerprint density at radius 1 is 0.643 bits per heavy atom. The number of hydrogen-bond acceptors (Lipinski definition) is 11. The molecule has 0 amide bonds. The molecule has 42 heavy (non-hydrogen) atoms. The predicted octanol–water partition coefficient (Wildman–Crippen LogP) is 4.17. The van der Waals surface area contributed by atoms with E-state index in [9.17, 15) is 9.59 Å². The number of nitrogens with one attached hydrogen (secondary N) is 2. The van der Waals surface area contributed by atoms with Gasteiger partial charge in [-0.2, -0.15) is 0 Å². The largest absolute Gasteiger partial charge is 0.493 e. The molecule has 4 aromatic rings. The van der Waals surface area contributed by atoms with E-state index in [4.69, 9.17) is 40.0 Å². The van der Waals surface area contributed by atoms with E-state index in [0.717, 1.165) is 0 Å². The van der Waals surface area contributed by atoms with Gasteiger partial charge < -0.3 is 33.3 Å². The summed E-state index contributed by atoms with van der Waals surface area (Å²) in [7, 11) is 8.95. The number of nitrogens with zero attached hydrogens (tertiary/aromatic N) is 3. The fourth-order valence-electron chi connectivity index (χ4n) is 4.65. The van der Waals surface area contributed by atoms with Gasteiger partial charge in [-0.1, -0.05) is 0 Å². The van der Waals surface area contributed by atoms with Gasteiger partial charge in [0.1, 0.15) is 11.0 Å². The van der Waals surface area contributed by atoms with Crippen LogP contribution >= 0.6 is 11.6 Å². The molecule has 0 aliphatic rings. The number of ether oxygens (including phenoxy) is 6. The highest BCUT2D eigenvalue weighted by Gasteiger charge is 2.23. The van der Waals surface area contributed by atoms with Gasteiger partial charge in [-0.05, 0) is 51.4 Å². The van der Waals surface area contributed by atoms with Gasteiger partial charge in [-0.25, -0.2) is 9.97 Å². The number of rotatable bonds is 9. The highest BCUT2D eigenvalue weighted by molar-refractivity contribution is 6.28. The molecule has 0 atom stereocenters. The first-order valence-corrected chi connectivity index (χ1v) is 13.2. The molecule has 0 aliphatic heterocycles. The number of methoxy groups -OCH3 is 6. The molecule has 2 aromatic heterocycles. The van der Waals surface area contributed by atoms with Gasteiger partial charge in [0.05, 0.1) is 53.4 Å². The van der Waals surface area contributed by atoms with Crippen molar-refractivity contribution in [2.45, 2.75) is 39.8 Å². The first-order chi connectivity index (χ1) is 20.0. The third-order valence-electron chi connectivity index (χ3n) is 6.32. The maximum atomic E-state index is 12.6. The zero-order valence-electron chi connectivity index (χ0n) is 25.3. The molecule has 0 spiro atoms. The smallest absolute Gasteiger partial charge is 0.260 e. The molecular weight excluding hydrogens is 570 g/mol. The lowest BCUT2D eigenvalue weighted by atomic mass is 10.2. The molecule has 0 unspecified atom stereocenters. The van der Waals surface area contributed by atoms with E-state index in [2.05, 4.69) is 47.6 Å². The Labute approximate surface area is 247 Å². The van der Waals surface area contributed by atoms with Gasteiger partial charge in [0.25, 0.3) is 11.1 Å². The molecular formula is C28H36ClN5O8. The van der Waals surface area contributed by atoms with Crippen LogP contribution in [0.5, 0.6) is 34.5 Å². The predicted molar refractivity (Wildman–Crippen MR) is 162 cm³/mol. The topological polar surface area (TPSA) is 150 Å². The molecule has 0 radical (unpaired) electrons. The minimum Gasteiger partial charge on any atom is -0.493 e. The first-order valence-electron chi connectivity index (χ1n) is 12.9. The number of hydrogen-bond donors (Lipinski definition) is 2. The highest BCUT2D eigenvalue weighted by atomic mass is 35.5. The fraction of sp³-hybridized carbons (Fsp3) is 0.429. The molecule has 0 saturated carbocycles. The van der Waals surface area contributed by atoms with Crippen LogP contribution in [0.15, 0.2) is 21.7 Å². The third-order valence-corrected chi connectivity index (χ3v) is 6.50. The second-order valence-corrected chi connectivity index (χ2v) is 9.78. The summed E-state index contributed by atoms with van der Waals surface area (Å²) in [6.07, 6.45) is 0. The van der Waals surface area contributed by atoms with Crippen LogP contribution in [0, 0.1) is 0 Å². The Hall–Kier alpha value is -4.39. The maximum Gasteiger partial charge on any atom is 0.260 e. The van der Waals surface area contributed by atoms with Crippen molar-refractivity contribution in [1.29, 1.82) is 0 Å². The summed E-state index contributed by atoms with van der Waals surface area (Å²) in [5.41, 5.74) is 0.147. The van der Waals surface area contributed by atoms with E-state index in [-0.39, 0.29) is 28.5 Å². The van der Waals surface area contributed by atoms with E-state index in [1.54, 1.807) is 6.07 Å². The van der Waals surface area contributed by atoms with Crippen molar-refractivity contribution in [3.63, 3.8) is 0 Å². The maximum absolute atomic E-state index is 12.6. The van der Waals surface area contributed by atoms with Gasteiger partial charge in [0.2, 0.25) is 22.7 Å². The number of H-pyrrole nitrogens is 2. The zero-order chi connectivity index (χ0) is 31.3. The van der Waals surface area contributed by atoms with Crippen molar-refractivity contribution < 1.29 is 28.4 Å². The van der Waals surface area contributed by atoms with Crippen LogP contribution in [0.3, 0.4) is 0 Å². The van der Waals surface area contributed by atoms with Gasteiger partial charge in [0, 0.05) is 12.1 Å². The lowest BCUT2D eigenvalue weighted by Gasteiger charge is -2.31. The average molecular weight is 606 g/mol. The fourth-order valence-corrected chi connectivity index (χ4v) is 4.82. The number of anilines is 1. The van der Waals surface area contributed by atoms with Crippen LogP contribution in [0.25, 0.3) is 21.8 Å². The van der Waals surface area contributed by atoms with Crippen LogP contribution < -0.4 is 44.4 Å². The van der Waals surface area contributed by atoms with Gasteiger partial charge in [-0.3, -0.25) is 19.6 Å². The average Bonchev–Trinajstić information content (AvgIpc) is 2.95. The molecule has 4 rings (SSSR count). The van der Waals surface area contributed by atoms with E-state index in [1.165, 1.54) is 48.7 Å². The van der Waals surface area contributed by atoms with Crippen LogP contribution in [0.1, 0.15) is 27.7 Å². The second-order valence-electron chi connectivity index (χ2n) is 9.42. The lowest BCUT2D eigenvalue weighted by molar-refractivity contribution is 0.326. The molecule has 2 N–H and O–H groups in total. The summed E-state index contributed by atoms with van der Waals surface area (Å²) in [6.45, 7) is 8.21. The summed E-state index contributed by atoms with van der Waals surface area (Å²) in [6, 6.07) is 3.49. The van der Waals surface area contributed by atoms with Crippen LogP contribution in [-0.4, -0.2) is 74.7 Å². The van der Waals surface area contributed by atoms with E-state index in [1.807, 2.05) is 4.90 Å². The Balaban J connectivity index is 0.000000240. The monoisotopic (exact) mass is 605 g/mol. The molecule has 2 heterocycles. The van der Waals surface area contributed by atoms with Crippen molar-refractivity contribution in [2.75, 3.05) is 47.6 Å². The first kappa shape index (κ1) is 32.1. The number of aromatic nitrogens is 4. The molecule has 13 nitrogen and oxygen atoms in total. The van der Waals surface area contributed by atoms with E-state index in [0.29, 0.717) is 62.3 Å². The molecule has 228 valence electrons. The van der Waals surface area contributed by atoms with Gasteiger partial charge in [0.15, 0.2) is 23.0 Å². The SMILES string of the molecule is COc1cc2c(=O)[nH]c(Cl)nc2c(OC)c1OC.COc1cc2c(=O)[nH]c(N(C(C)C)C(C)C)nc2c(OC)c1OC. The molecule has 0 bridgehead atoms. The lowest BCUT2D eigenvalue weighted by Crippen LogP contribution is -2.39. The minimum atomic E-state index is -0.371. The van der Waals surface area contributed by atoms with Crippen LogP contribution in [0.4, 0.5) is 5.95 Å². The third kappa shape index (κ3) is 6.10. The summed E-state index contributed by atoms with van der Waals surface area (Å²) in [5, 5.41) is 0.688. The summed E-state index contributed by atoms with van der Waals surface area (Å²) >= 11 is 5.73. The number of benzene rings is 2. The number of aromatic amines is 2. The molecule has 0 fully saturated rings. The molecule has 14 heteroatoms. The standard InChI is InChI=1S/C17H25N3O4.C11H11ClN2O4/c1-9(2)20(10(3)4)17-18-13-11(16(21)19-17)8-12(22-5)14(23-6)15(13)24-7;1-16-6-4-5-7(9(18-3)8(6)17-2)13-11(12)14-10(5)15/h8-10H,1-7H3,(H,18,19,21);4H,1-3H3,(H,13,14,15). The second kappa shape index (κ2) is 13.5. The van der Waals surface area contributed by atoms with E-state index < -0.39 is 0 Å². The van der Waals surface area contributed by atoms with Crippen molar-refractivity contribution >= 4 is 39.4 Å². The minimum absolute atomic E-state index is 0.0157. The van der Waals surface area contributed by atoms with Gasteiger partial charge in [-0.15, -0.1) is 0 Å². The number of halogens is 1. The van der Waals surface area contributed by atoms with Crippen molar-refractivity contribution in [2.24, 2.45) is 0 Å². The summed E-state index contributed by atoms with van der Waals surface area (Å²) < 4.78 is 31.7. The van der Waals surface area contributed by atoms with Crippen molar-refractivity contribution in [3.05, 3.63) is 38.1 Å². The van der Waals surface area contributed by atoms with E-state index >= 15 is 0 Å². The van der Waals surface area contributed by atoms with Gasteiger partial charge >= 0.3 is 0 Å². The Bertz CT molecular complexity index is 1680. The summed E-state index contributed by atoms with van der Waals surface area (Å²) in [4.78, 5) is 40.4. The molecule has 0 aliphatic carbocycles. The molecule has 0 saturated heterocycles. The number of fused-ring (bicyclic) bond motifs is 2. The Morgan fingerprint density at radius 2 is 1.05 bits per heavy atom. The quantitative estimate of drug-likeness (QED) is 0.264. The normalized spacial score (nSPS) is 10.9. The highest BCUT2D eigenvalue weighted by Crippen LogP contribution is 2.43. The van der Waals surface area contributed by atoms with Crippen molar-refractivity contribution in [1.82, 2.24) is 19.9 Å². The Kier molecular flexibility index (Phi) is 10.3. The van der Waals surface area contributed by atoms with Crippen molar-refractivity contribution in [3.8, 4) is 34.5 Å². The Morgan fingerprint density at radius 3 is 1.43 bits per heavy atom. The van der Waals surface area contributed by atoms with Crippen LogP contribution in [-0.2, 0) is 0 Å². The zero-order valence-corrected chi connectivity index (χ0v) is 26.1. The summed E-state index contributed by atoms with van der Waals surface area (Å²) in [5.74, 6) is 2.77. The van der Waals surface area contributed by atoms with Crippen LogP contribution in [0.2, 0.25) is 5.28 Å². The molecule has 2 aromatic carbocycles.